The Morgan fingerprint density at radius 3 is 2.42 bits per heavy atom. The quantitative estimate of drug-likeness (QED) is 0.726. The number of carbonyl (C=O) groups is 1. The van der Waals surface area contributed by atoms with Crippen LogP contribution in [0, 0.1) is 0 Å². The fraction of sp³-hybridized carbons (Fsp3) is 0.421. The van der Waals surface area contributed by atoms with Gasteiger partial charge in [0.1, 0.15) is 12.4 Å². The maximum absolute atomic E-state index is 12.6. The van der Waals surface area contributed by atoms with E-state index in [0.29, 0.717) is 23.5 Å². The first kappa shape index (κ1) is 18.1. The van der Waals surface area contributed by atoms with Crippen molar-refractivity contribution in [3.8, 4) is 0 Å². The highest BCUT2D eigenvalue weighted by Gasteiger charge is 2.21. The lowest BCUT2D eigenvalue weighted by Crippen LogP contribution is -2.17. The molecule has 0 N–H and O–H groups in total. The Balaban J connectivity index is 2.31. The van der Waals surface area contributed by atoms with Crippen molar-refractivity contribution in [3.63, 3.8) is 0 Å². The zero-order valence-electron chi connectivity index (χ0n) is 14.7. The lowest BCUT2D eigenvalue weighted by Gasteiger charge is -2.15. The lowest BCUT2D eigenvalue weighted by atomic mass is 10.1. The van der Waals surface area contributed by atoms with Crippen LogP contribution in [-0.2, 0) is 29.1 Å². The fourth-order valence-electron chi connectivity index (χ4n) is 2.36. The molecule has 0 fully saturated rings. The average molecular weight is 328 g/mol. The minimum atomic E-state index is -0.440. The second-order valence-electron chi connectivity index (χ2n) is 5.86. The molecule has 1 aromatic carbocycles. The zero-order valence-corrected chi connectivity index (χ0v) is 14.7. The standard InChI is InChI=1S/C19H24N2O3/c1-5-16-15(12-23-4)17(21-18(20-16)13(2)3)19(22)24-11-14-9-7-6-8-10-14/h6-10,13H,5,11-12H2,1-4H3. The molecule has 5 heteroatoms. The van der Waals surface area contributed by atoms with Gasteiger partial charge in [0.15, 0.2) is 5.69 Å². The van der Waals surface area contributed by atoms with Crippen LogP contribution in [0.3, 0.4) is 0 Å². The van der Waals surface area contributed by atoms with Gasteiger partial charge in [0, 0.05) is 18.6 Å². The fourth-order valence-corrected chi connectivity index (χ4v) is 2.36. The molecule has 128 valence electrons. The van der Waals surface area contributed by atoms with E-state index in [0.717, 1.165) is 11.3 Å². The van der Waals surface area contributed by atoms with Crippen molar-refractivity contribution in [1.82, 2.24) is 9.97 Å². The molecule has 0 atom stereocenters. The van der Waals surface area contributed by atoms with E-state index >= 15 is 0 Å². The summed E-state index contributed by atoms with van der Waals surface area (Å²) < 4.78 is 10.7. The van der Waals surface area contributed by atoms with Gasteiger partial charge in [0.25, 0.3) is 0 Å². The molecule has 2 rings (SSSR count). The monoisotopic (exact) mass is 328 g/mol. The van der Waals surface area contributed by atoms with Crippen LogP contribution in [0.5, 0.6) is 0 Å². The van der Waals surface area contributed by atoms with Crippen molar-refractivity contribution in [2.75, 3.05) is 7.11 Å². The number of ether oxygens (including phenoxy) is 2. The van der Waals surface area contributed by atoms with Crippen LogP contribution < -0.4 is 0 Å². The van der Waals surface area contributed by atoms with Gasteiger partial charge in [-0.05, 0) is 12.0 Å². The molecular formula is C19H24N2O3. The number of aromatic nitrogens is 2. The molecule has 0 aliphatic rings. The Labute approximate surface area is 143 Å². The molecule has 0 saturated heterocycles. The van der Waals surface area contributed by atoms with Crippen molar-refractivity contribution in [3.05, 3.63) is 58.7 Å². The smallest absolute Gasteiger partial charge is 0.357 e. The first-order chi connectivity index (χ1) is 11.6. The molecule has 0 aliphatic heterocycles. The second kappa shape index (κ2) is 8.55. The molecule has 0 aliphatic carbocycles. The topological polar surface area (TPSA) is 61.3 Å². The predicted molar refractivity (Wildman–Crippen MR) is 91.8 cm³/mol. The Kier molecular flexibility index (Phi) is 6.44. The van der Waals surface area contributed by atoms with Crippen molar-refractivity contribution in [2.45, 2.75) is 46.3 Å². The summed E-state index contributed by atoms with van der Waals surface area (Å²) in [6, 6.07) is 9.59. The number of methoxy groups -OCH3 is 1. The summed E-state index contributed by atoms with van der Waals surface area (Å²) in [4.78, 5) is 21.6. The molecule has 0 radical (unpaired) electrons. The molecule has 1 aromatic heterocycles. The highest BCUT2D eigenvalue weighted by atomic mass is 16.5. The summed E-state index contributed by atoms with van der Waals surface area (Å²) in [5.74, 6) is 0.343. The summed E-state index contributed by atoms with van der Waals surface area (Å²) in [7, 11) is 1.59. The van der Waals surface area contributed by atoms with Crippen LogP contribution in [0.15, 0.2) is 30.3 Å². The SMILES string of the molecule is CCc1nc(C(C)C)nc(C(=O)OCc2ccccc2)c1COC. The summed E-state index contributed by atoms with van der Waals surface area (Å²) in [5.41, 5.74) is 2.79. The van der Waals surface area contributed by atoms with Crippen LogP contribution in [0.4, 0.5) is 0 Å². The van der Waals surface area contributed by atoms with Gasteiger partial charge in [-0.15, -0.1) is 0 Å². The van der Waals surface area contributed by atoms with E-state index in [1.54, 1.807) is 7.11 Å². The zero-order chi connectivity index (χ0) is 17.5. The van der Waals surface area contributed by atoms with E-state index in [1.807, 2.05) is 51.1 Å². The predicted octanol–water partition coefficient (Wildman–Crippen LogP) is 3.67. The maximum Gasteiger partial charge on any atom is 0.357 e. The highest BCUT2D eigenvalue weighted by molar-refractivity contribution is 5.89. The van der Waals surface area contributed by atoms with Crippen LogP contribution >= 0.6 is 0 Å². The normalized spacial score (nSPS) is 10.9. The van der Waals surface area contributed by atoms with E-state index in [-0.39, 0.29) is 19.1 Å². The van der Waals surface area contributed by atoms with Gasteiger partial charge < -0.3 is 9.47 Å². The number of aryl methyl sites for hydroxylation is 1. The number of nitrogens with zero attached hydrogens (tertiary/aromatic N) is 2. The number of rotatable bonds is 7. The van der Waals surface area contributed by atoms with E-state index in [9.17, 15) is 4.79 Å². The largest absolute Gasteiger partial charge is 0.456 e. The van der Waals surface area contributed by atoms with Crippen molar-refractivity contribution >= 4 is 5.97 Å². The number of esters is 1. The third kappa shape index (κ3) is 4.38. The summed E-state index contributed by atoms with van der Waals surface area (Å²) in [6.07, 6.45) is 0.708. The van der Waals surface area contributed by atoms with Gasteiger partial charge in [-0.1, -0.05) is 51.1 Å². The van der Waals surface area contributed by atoms with Gasteiger partial charge >= 0.3 is 5.97 Å². The second-order valence-corrected chi connectivity index (χ2v) is 5.86. The van der Waals surface area contributed by atoms with E-state index in [2.05, 4.69) is 9.97 Å². The van der Waals surface area contributed by atoms with Gasteiger partial charge in [-0.2, -0.15) is 0 Å². The Bertz CT molecular complexity index is 685. The molecule has 0 bridgehead atoms. The molecule has 0 saturated carbocycles. The summed E-state index contributed by atoms with van der Waals surface area (Å²) >= 11 is 0. The number of hydrogen-bond donors (Lipinski definition) is 0. The Hall–Kier alpha value is -2.27. The highest BCUT2D eigenvalue weighted by Crippen LogP contribution is 2.19. The van der Waals surface area contributed by atoms with Crippen molar-refractivity contribution < 1.29 is 14.3 Å². The third-order valence-corrected chi connectivity index (χ3v) is 3.66. The molecule has 1 heterocycles. The molecular weight excluding hydrogens is 304 g/mol. The van der Waals surface area contributed by atoms with Crippen LogP contribution in [0.25, 0.3) is 0 Å². The van der Waals surface area contributed by atoms with Gasteiger partial charge in [-0.25, -0.2) is 14.8 Å². The Morgan fingerprint density at radius 2 is 1.83 bits per heavy atom. The van der Waals surface area contributed by atoms with Crippen LogP contribution in [0.1, 0.15) is 59.8 Å². The van der Waals surface area contributed by atoms with Crippen LogP contribution in [-0.4, -0.2) is 23.0 Å². The van der Waals surface area contributed by atoms with E-state index < -0.39 is 5.97 Å². The van der Waals surface area contributed by atoms with E-state index in [1.165, 1.54) is 0 Å². The molecule has 2 aromatic rings. The number of carbonyl (C=O) groups excluding carboxylic acids is 1. The van der Waals surface area contributed by atoms with Crippen LogP contribution in [0.2, 0.25) is 0 Å². The molecule has 0 amide bonds. The Morgan fingerprint density at radius 1 is 1.12 bits per heavy atom. The lowest BCUT2D eigenvalue weighted by molar-refractivity contribution is 0.0459. The van der Waals surface area contributed by atoms with E-state index in [4.69, 9.17) is 9.47 Å². The molecule has 5 nitrogen and oxygen atoms in total. The van der Waals surface area contributed by atoms with Gasteiger partial charge in [0.05, 0.1) is 12.3 Å². The number of hydrogen-bond acceptors (Lipinski definition) is 5. The van der Waals surface area contributed by atoms with Gasteiger partial charge in [-0.3, -0.25) is 0 Å². The minimum absolute atomic E-state index is 0.132. The van der Waals surface area contributed by atoms with Crippen molar-refractivity contribution in [1.29, 1.82) is 0 Å². The summed E-state index contributed by atoms with van der Waals surface area (Å²) in [6.45, 7) is 6.52. The summed E-state index contributed by atoms with van der Waals surface area (Å²) in [5, 5.41) is 0. The first-order valence-electron chi connectivity index (χ1n) is 8.16. The number of benzene rings is 1. The van der Waals surface area contributed by atoms with Crippen molar-refractivity contribution in [2.24, 2.45) is 0 Å². The average Bonchev–Trinajstić information content (AvgIpc) is 2.60. The first-order valence-corrected chi connectivity index (χ1v) is 8.16. The third-order valence-electron chi connectivity index (χ3n) is 3.66. The molecule has 0 unspecified atom stereocenters. The van der Waals surface area contributed by atoms with Gasteiger partial charge in [0.2, 0.25) is 0 Å². The molecule has 0 spiro atoms. The molecule has 24 heavy (non-hydrogen) atoms. The maximum atomic E-state index is 12.6. The minimum Gasteiger partial charge on any atom is -0.456 e.